The molecule has 1 aliphatic rings. The van der Waals surface area contributed by atoms with Gasteiger partial charge in [-0.3, -0.25) is 0 Å². The number of aromatic nitrogens is 1. The van der Waals surface area contributed by atoms with E-state index >= 15 is 0 Å². The van der Waals surface area contributed by atoms with Gasteiger partial charge in [-0.15, -0.1) is 0 Å². The van der Waals surface area contributed by atoms with Crippen molar-refractivity contribution in [3.63, 3.8) is 0 Å². The average Bonchev–Trinajstić information content (AvgIpc) is 2.52. The average molecular weight is 177 g/mol. The first-order valence-corrected chi connectivity index (χ1v) is 4.73. The molecule has 1 aliphatic heterocycles. The molecule has 70 valence electrons. The Bertz CT molecular complexity index is 298. The summed E-state index contributed by atoms with van der Waals surface area (Å²) in [5, 5.41) is 0. The summed E-state index contributed by atoms with van der Waals surface area (Å²) in [5.41, 5.74) is 5.62. The van der Waals surface area contributed by atoms with Crippen LogP contribution in [-0.2, 0) is 0 Å². The number of nitrogen functional groups attached to an aromatic ring is 1. The summed E-state index contributed by atoms with van der Waals surface area (Å²) in [5.74, 6) is 2.41. The van der Waals surface area contributed by atoms with Crippen LogP contribution in [0.5, 0.6) is 0 Å². The smallest absolute Gasteiger partial charge is 0.130 e. The van der Waals surface area contributed by atoms with E-state index in [1.165, 1.54) is 6.42 Å². The summed E-state index contributed by atoms with van der Waals surface area (Å²) in [6.07, 6.45) is 1.26. The minimum atomic E-state index is 0.608. The maximum absolute atomic E-state index is 5.62. The highest BCUT2D eigenvalue weighted by atomic mass is 15.2. The summed E-state index contributed by atoms with van der Waals surface area (Å²) < 4.78 is 0. The lowest BCUT2D eigenvalue weighted by atomic mass is 10.2. The quantitative estimate of drug-likeness (QED) is 0.707. The van der Waals surface area contributed by atoms with Gasteiger partial charge in [0, 0.05) is 13.1 Å². The van der Waals surface area contributed by atoms with Crippen molar-refractivity contribution in [1.29, 1.82) is 0 Å². The van der Waals surface area contributed by atoms with Gasteiger partial charge in [0.1, 0.15) is 11.6 Å². The van der Waals surface area contributed by atoms with E-state index in [9.17, 15) is 0 Å². The Labute approximate surface area is 78.6 Å². The first-order valence-electron chi connectivity index (χ1n) is 4.73. The molecule has 1 unspecified atom stereocenters. The van der Waals surface area contributed by atoms with Crippen molar-refractivity contribution >= 4 is 11.6 Å². The third-order valence-corrected chi connectivity index (χ3v) is 2.50. The van der Waals surface area contributed by atoms with Crippen LogP contribution in [0.25, 0.3) is 0 Å². The van der Waals surface area contributed by atoms with Crippen molar-refractivity contribution in [3.8, 4) is 0 Å². The van der Waals surface area contributed by atoms with E-state index in [4.69, 9.17) is 5.73 Å². The molecule has 2 rings (SSSR count). The fourth-order valence-electron chi connectivity index (χ4n) is 1.76. The highest BCUT2D eigenvalue weighted by molar-refractivity contribution is 5.45. The first-order chi connectivity index (χ1) is 6.25. The van der Waals surface area contributed by atoms with Crippen LogP contribution >= 0.6 is 0 Å². The number of rotatable bonds is 1. The van der Waals surface area contributed by atoms with Gasteiger partial charge in [-0.1, -0.05) is 13.0 Å². The van der Waals surface area contributed by atoms with E-state index in [2.05, 4.69) is 16.8 Å². The molecule has 0 aliphatic carbocycles. The predicted octanol–water partition coefficient (Wildman–Crippen LogP) is 1.51. The standard InChI is InChI=1S/C10H15N3/c1-8-5-6-13(7-8)10-4-2-3-9(11)12-10/h2-4,8H,5-7H2,1H3,(H2,11,12). The molecular weight excluding hydrogens is 162 g/mol. The molecule has 1 fully saturated rings. The largest absolute Gasteiger partial charge is 0.384 e. The third-order valence-electron chi connectivity index (χ3n) is 2.50. The van der Waals surface area contributed by atoms with Crippen LogP contribution in [0, 0.1) is 5.92 Å². The van der Waals surface area contributed by atoms with Crippen molar-refractivity contribution < 1.29 is 0 Å². The van der Waals surface area contributed by atoms with Gasteiger partial charge in [-0.05, 0) is 24.5 Å². The van der Waals surface area contributed by atoms with E-state index in [1.807, 2.05) is 18.2 Å². The zero-order valence-electron chi connectivity index (χ0n) is 7.90. The van der Waals surface area contributed by atoms with E-state index in [0.717, 1.165) is 24.8 Å². The Morgan fingerprint density at radius 3 is 3.00 bits per heavy atom. The van der Waals surface area contributed by atoms with Crippen LogP contribution in [0.1, 0.15) is 13.3 Å². The van der Waals surface area contributed by atoms with Crippen LogP contribution in [0.3, 0.4) is 0 Å². The zero-order chi connectivity index (χ0) is 9.26. The maximum Gasteiger partial charge on any atom is 0.130 e. The fraction of sp³-hybridized carbons (Fsp3) is 0.500. The van der Waals surface area contributed by atoms with Gasteiger partial charge in [0.15, 0.2) is 0 Å². The Morgan fingerprint density at radius 1 is 1.54 bits per heavy atom. The molecule has 0 aromatic carbocycles. The van der Waals surface area contributed by atoms with Crippen molar-refractivity contribution in [2.24, 2.45) is 5.92 Å². The van der Waals surface area contributed by atoms with Crippen LogP contribution in [-0.4, -0.2) is 18.1 Å². The molecule has 13 heavy (non-hydrogen) atoms. The van der Waals surface area contributed by atoms with Gasteiger partial charge in [-0.25, -0.2) is 4.98 Å². The molecule has 0 amide bonds. The molecule has 1 saturated heterocycles. The van der Waals surface area contributed by atoms with Crippen molar-refractivity contribution in [2.45, 2.75) is 13.3 Å². The van der Waals surface area contributed by atoms with Gasteiger partial charge < -0.3 is 10.6 Å². The second-order valence-corrected chi connectivity index (χ2v) is 3.76. The molecule has 3 nitrogen and oxygen atoms in total. The minimum absolute atomic E-state index is 0.608. The van der Waals surface area contributed by atoms with Crippen molar-refractivity contribution in [1.82, 2.24) is 4.98 Å². The number of hydrogen-bond donors (Lipinski definition) is 1. The number of nitrogens with zero attached hydrogens (tertiary/aromatic N) is 2. The molecule has 0 radical (unpaired) electrons. The molecule has 0 spiro atoms. The SMILES string of the molecule is CC1CCN(c2cccc(N)n2)C1. The summed E-state index contributed by atoms with van der Waals surface area (Å²) >= 11 is 0. The molecule has 2 N–H and O–H groups in total. The van der Waals surface area contributed by atoms with Crippen LogP contribution in [0.2, 0.25) is 0 Å². The summed E-state index contributed by atoms with van der Waals surface area (Å²) in [4.78, 5) is 6.59. The Kier molecular flexibility index (Phi) is 2.08. The summed E-state index contributed by atoms with van der Waals surface area (Å²) in [6.45, 7) is 4.49. The molecule has 2 heterocycles. The normalized spacial score (nSPS) is 22.2. The number of anilines is 2. The molecule has 1 aromatic heterocycles. The van der Waals surface area contributed by atoms with Crippen LogP contribution in [0.4, 0.5) is 11.6 Å². The highest BCUT2D eigenvalue weighted by Gasteiger charge is 2.19. The van der Waals surface area contributed by atoms with E-state index in [0.29, 0.717) is 5.82 Å². The first kappa shape index (κ1) is 8.35. The summed E-state index contributed by atoms with van der Waals surface area (Å²) in [7, 11) is 0. The predicted molar refractivity (Wildman–Crippen MR) is 54.6 cm³/mol. The number of nitrogens with two attached hydrogens (primary N) is 1. The van der Waals surface area contributed by atoms with Gasteiger partial charge in [0.25, 0.3) is 0 Å². The van der Waals surface area contributed by atoms with Crippen LogP contribution in [0.15, 0.2) is 18.2 Å². The van der Waals surface area contributed by atoms with E-state index in [-0.39, 0.29) is 0 Å². The van der Waals surface area contributed by atoms with Gasteiger partial charge in [0.05, 0.1) is 0 Å². The molecular formula is C10H15N3. The summed E-state index contributed by atoms with van der Waals surface area (Å²) in [6, 6.07) is 5.80. The van der Waals surface area contributed by atoms with Gasteiger partial charge in [0.2, 0.25) is 0 Å². The maximum atomic E-state index is 5.62. The van der Waals surface area contributed by atoms with Crippen LogP contribution < -0.4 is 10.6 Å². The fourth-order valence-corrected chi connectivity index (χ4v) is 1.76. The molecule has 0 saturated carbocycles. The monoisotopic (exact) mass is 177 g/mol. The Balaban J connectivity index is 2.16. The number of hydrogen-bond acceptors (Lipinski definition) is 3. The zero-order valence-corrected chi connectivity index (χ0v) is 7.90. The second-order valence-electron chi connectivity index (χ2n) is 3.76. The highest BCUT2D eigenvalue weighted by Crippen LogP contribution is 2.21. The van der Waals surface area contributed by atoms with Crippen molar-refractivity contribution in [2.75, 3.05) is 23.7 Å². The lowest BCUT2D eigenvalue weighted by molar-refractivity contribution is 0.659. The molecule has 3 heteroatoms. The third kappa shape index (κ3) is 1.74. The second kappa shape index (κ2) is 3.24. The lowest BCUT2D eigenvalue weighted by Gasteiger charge is -2.16. The van der Waals surface area contributed by atoms with E-state index in [1.54, 1.807) is 0 Å². The Morgan fingerprint density at radius 2 is 2.38 bits per heavy atom. The van der Waals surface area contributed by atoms with Gasteiger partial charge in [-0.2, -0.15) is 0 Å². The molecule has 0 bridgehead atoms. The van der Waals surface area contributed by atoms with E-state index < -0.39 is 0 Å². The van der Waals surface area contributed by atoms with Crippen molar-refractivity contribution in [3.05, 3.63) is 18.2 Å². The topological polar surface area (TPSA) is 42.1 Å². The van der Waals surface area contributed by atoms with Gasteiger partial charge >= 0.3 is 0 Å². The minimum Gasteiger partial charge on any atom is -0.384 e. The number of pyridine rings is 1. The Hall–Kier alpha value is -1.25. The molecule has 1 atom stereocenters. The lowest BCUT2D eigenvalue weighted by Crippen LogP contribution is -2.20. The molecule has 1 aromatic rings.